The number of unbranched alkanes of at least 4 members (excludes halogenated alkanes) is 10. The van der Waals surface area contributed by atoms with Crippen LogP contribution in [0.15, 0.2) is 0 Å². The van der Waals surface area contributed by atoms with Gasteiger partial charge >= 0.3 is 0 Å². The third kappa shape index (κ3) is 18.0. The van der Waals surface area contributed by atoms with E-state index in [1.54, 1.807) is 0 Å². The number of hydrogen-bond donors (Lipinski definition) is 0. The second kappa shape index (κ2) is 14.4. The Kier molecular flexibility index (Phi) is 14.4. The average Bonchev–Trinajstić information content (AvgIpc) is 2.34. The fourth-order valence-corrected chi connectivity index (χ4v) is 2.70. The zero-order valence-corrected chi connectivity index (χ0v) is 14.3. The molecule has 0 aliphatic heterocycles. The maximum absolute atomic E-state index is 2.33. The van der Waals surface area contributed by atoms with Crippen molar-refractivity contribution in [3.05, 3.63) is 0 Å². The lowest BCUT2D eigenvalue weighted by Crippen LogP contribution is -1.88. The molecule has 19 heavy (non-hydrogen) atoms. The van der Waals surface area contributed by atoms with Crippen LogP contribution in [0, 0.1) is 11.8 Å². The molecule has 0 radical (unpaired) electrons. The smallest absolute Gasteiger partial charge is 0.0471 e. The summed E-state index contributed by atoms with van der Waals surface area (Å²) in [6.07, 6.45) is 19.0. The first-order valence-electron chi connectivity index (χ1n) is 9.13. The molecule has 0 bridgehead atoms. The minimum Gasteiger partial charge on any atom is -0.0628 e. The van der Waals surface area contributed by atoms with E-state index in [1.807, 2.05) is 0 Å². The van der Waals surface area contributed by atoms with E-state index in [1.165, 1.54) is 83.5 Å². The molecule has 0 saturated carbocycles. The Morgan fingerprint density at radius 2 is 0.579 bits per heavy atom. The van der Waals surface area contributed by atoms with Crippen LogP contribution in [0.5, 0.6) is 0 Å². The lowest BCUT2D eigenvalue weighted by atomic mass is 10.0. The highest BCUT2D eigenvalue weighted by Gasteiger charge is 1.96. The lowest BCUT2D eigenvalue weighted by molar-refractivity contribution is 0.494. The molecule has 116 valence electrons. The van der Waals surface area contributed by atoms with Crippen LogP contribution >= 0.6 is 0 Å². The van der Waals surface area contributed by atoms with Crippen LogP contribution in [0.2, 0.25) is 0 Å². The summed E-state index contributed by atoms with van der Waals surface area (Å²) in [5.41, 5.74) is 0. The molecule has 0 aliphatic carbocycles. The number of hydrogen-bond acceptors (Lipinski definition) is 0. The molecule has 0 fully saturated rings. The van der Waals surface area contributed by atoms with Gasteiger partial charge in [0.15, 0.2) is 0 Å². The summed E-state index contributed by atoms with van der Waals surface area (Å²) in [7, 11) is 0. The molecule has 0 spiro atoms. The molecule has 0 aromatic rings. The van der Waals surface area contributed by atoms with Gasteiger partial charge in [-0.05, 0) is 11.8 Å². The molecule has 0 aromatic heterocycles. The van der Waals surface area contributed by atoms with Gasteiger partial charge in [0, 0.05) is 0 Å². The molecular weight excluding hydrogens is 228 g/mol. The van der Waals surface area contributed by atoms with Gasteiger partial charge in [0.2, 0.25) is 0 Å². The van der Waals surface area contributed by atoms with Gasteiger partial charge in [-0.3, -0.25) is 0 Å². The molecule has 0 heteroatoms. The fourth-order valence-electron chi connectivity index (χ4n) is 2.70. The Hall–Kier alpha value is 0. The van der Waals surface area contributed by atoms with Crippen LogP contribution in [0.3, 0.4) is 0 Å². The van der Waals surface area contributed by atoms with E-state index < -0.39 is 0 Å². The van der Waals surface area contributed by atoms with Gasteiger partial charge in [0.25, 0.3) is 0 Å². The van der Waals surface area contributed by atoms with Crippen molar-refractivity contribution >= 4 is 0 Å². The van der Waals surface area contributed by atoms with Gasteiger partial charge in [0.05, 0.1) is 0 Å². The third-order valence-electron chi connectivity index (χ3n) is 4.06. The highest BCUT2D eigenvalue weighted by molar-refractivity contribution is 4.51. The quantitative estimate of drug-likeness (QED) is 0.288. The Morgan fingerprint density at radius 1 is 0.368 bits per heavy atom. The molecule has 0 saturated heterocycles. The van der Waals surface area contributed by atoms with E-state index in [0.717, 1.165) is 11.8 Å². The zero-order chi connectivity index (χ0) is 14.3. The van der Waals surface area contributed by atoms with Gasteiger partial charge < -0.3 is 0 Å². The molecule has 0 rings (SSSR count). The summed E-state index contributed by atoms with van der Waals surface area (Å²) in [5, 5.41) is 0. The molecule has 0 atom stereocenters. The molecular formula is C19H40. The van der Waals surface area contributed by atoms with E-state index in [4.69, 9.17) is 0 Å². The number of rotatable bonds is 14. The average molecular weight is 269 g/mol. The second-order valence-electron chi connectivity index (χ2n) is 7.25. The molecule has 0 aromatic carbocycles. The third-order valence-corrected chi connectivity index (χ3v) is 4.06. The fraction of sp³-hybridized carbons (Fsp3) is 1.00. The molecule has 0 heterocycles. The normalized spacial score (nSPS) is 11.7. The standard InChI is InChI=1S/C19H40/c1-18(2)16-14-12-10-8-6-5-7-9-11-13-15-17-19(3)4/h18-19H,5-17H2,1-4H3. The molecule has 0 aliphatic rings. The van der Waals surface area contributed by atoms with Crippen LogP contribution < -0.4 is 0 Å². The first-order chi connectivity index (χ1) is 9.13. The highest BCUT2D eigenvalue weighted by atomic mass is 14.0. The summed E-state index contributed by atoms with van der Waals surface area (Å²) in [5.74, 6) is 1.80. The van der Waals surface area contributed by atoms with Crippen molar-refractivity contribution in [3.8, 4) is 0 Å². The highest BCUT2D eigenvalue weighted by Crippen LogP contribution is 2.14. The topological polar surface area (TPSA) is 0 Å². The van der Waals surface area contributed by atoms with Crippen molar-refractivity contribution in [3.63, 3.8) is 0 Å². The Labute approximate surface area is 123 Å². The van der Waals surface area contributed by atoms with E-state index in [0.29, 0.717) is 0 Å². The van der Waals surface area contributed by atoms with E-state index in [9.17, 15) is 0 Å². The predicted octanol–water partition coefficient (Wildman–Crippen LogP) is 7.37. The van der Waals surface area contributed by atoms with Crippen molar-refractivity contribution in [2.24, 2.45) is 11.8 Å². The largest absolute Gasteiger partial charge is 0.0628 e. The van der Waals surface area contributed by atoms with Crippen molar-refractivity contribution in [1.82, 2.24) is 0 Å². The second-order valence-corrected chi connectivity index (χ2v) is 7.25. The summed E-state index contributed by atoms with van der Waals surface area (Å²) in [4.78, 5) is 0. The van der Waals surface area contributed by atoms with Crippen LogP contribution in [0.4, 0.5) is 0 Å². The van der Waals surface area contributed by atoms with Crippen molar-refractivity contribution in [1.29, 1.82) is 0 Å². The molecule has 0 amide bonds. The van der Waals surface area contributed by atoms with E-state index in [2.05, 4.69) is 27.7 Å². The van der Waals surface area contributed by atoms with Crippen molar-refractivity contribution in [2.75, 3.05) is 0 Å². The van der Waals surface area contributed by atoms with Crippen LogP contribution in [0.25, 0.3) is 0 Å². The van der Waals surface area contributed by atoms with Crippen LogP contribution in [-0.2, 0) is 0 Å². The minimum absolute atomic E-state index is 0.899. The summed E-state index contributed by atoms with van der Waals surface area (Å²) in [6.45, 7) is 9.34. The Balaban J connectivity index is 2.95. The van der Waals surface area contributed by atoms with Gasteiger partial charge in [-0.2, -0.15) is 0 Å². The van der Waals surface area contributed by atoms with Gasteiger partial charge in [-0.1, -0.05) is 111 Å². The van der Waals surface area contributed by atoms with E-state index >= 15 is 0 Å². The first kappa shape index (κ1) is 19.0. The zero-order valence-electron chi connectivity index (χ0n) is 14.3. The predicted molar refractivity (Wildman–Crippen MR) is 89.7 cm³/mol. The van der Waals surface area contributed by atoms with Crippen LogP contribution in [0.1, 0.15) is 111 Å². The Bertz CT molecular complexity index is 139. The van der Waals surface area contributed by atoms with Crippen molar-refractivity contribution < 1.29 is 0 Å². The summed E-state index contributed by atoms with van der Waals surface area (Å²) < 4.78 is 0. The summed E-state index contributed by atoms with van der Waals surface area (Å²) >= 11 is 0. The maximum Gasteiger partial charge on any atom is -0.0471 e. The molecule has 0 N–H and O–H groups in total. The lowest BCUT2D eigenvalue weighted by Gasteiger charge is -2.05. The molecule has 0 unspecified atom stereocenters. The monoisotopic (exact) mass is 268 g/mol. The van der Waals surface area contributed by atoms with Crippen molar-refractivity contribution in [2.45, 2.75) is 111 Å². The molecule has 0 nitrogen and oxygen atoms in total. The first-order valence-corrected chi connectivity index (χ1v) is 9.13. The van der Waals surface area contributed by atoms with Crippen LogP contribution in [-0.4, -0.2) is 0 Å². The summed E-state index contributed by atoms with van der Waals surface area (Å²) in [6, 6.07) is 0. The van der Waals surface area contributed by atoms with Gasteiger partial charge in [-0.25, -0.2) is 0 Å². The maximum atomic E-state index is 2.33. The minimum atomic E-state index is 0.899. The SMILES string of the molecule is CC(C)CCCCCCCCCCCCCC(C)C. The van der Waals surface area contributed by atoms with E-state index in [-0.39, 0.29) is 0 Å². The Morgan fingerprint density at radius 3 is 0.789 bits per heavy atom. The van der Waals surface area contributed by atoms with Gasteiger partial charge in [-0.15, -0.1) is 0 Å². The van der Waals surface area contributed by atoms with Gasteiger partial charge in [0.1, 0.15) is 0 Å².